The number of amides is 1. The predicted octanol–water partition coefficient (Wildman–Crippen LogP) is 3.63. The van der Waals surface area contributed by atoms with Gasteiger partial charge in [0.05, 0.1) is 28.4 Å². The molecule has 0 spiro atoms. The lowest BCUT2D eigenvalue weighted by Gasteiger charge is -2.02. The first-order valence-electron chi connectivity index (χ1n) is 5.89. The van der Waals surface area contributed by atoms with E-state index in [0.29, 0.717) is 10.6 Å². The van der Waals surface area contributed by atoms with Crippen molar-refractivity contribution < 1.29 is 4.79 Å². The van der Waals surface area contributed by atoms with Crippen LogP contribution in [0.2, 0.25) is 10.0 Å². The monoisotopic (exact) mass is 317 g/mol. The molecule has 0 fully saturated rings. The molecule has 2 rings (SSSR count). The van der Waals surface area contributed by atoms with Gasteiger partial charge in [-0.15, -0.1) is 0 Å². The largest absolute Gasteiger partial charge is 0.272 e. The Morgan fingerprint density at radius 3 is 2.52 bits per heavy atom. The molecular weight excluding hydrogens is 309 g/mol. The molecule has 0 unspecified atom stereocenters. The minimum absolute atomic E-state index is 0.258. The Balaban J connectivity index is 2.03. The molecule has 0 aliphatic carbocycles. The van der Waals surface area contributed by atoms with Gasteiger partial charge in [0.2, 0.25) is 0 Å². The highest BCUT2D eigenvalue weighted by Gasteiger charge is 2.09. The van der Waals surface area contributed by atoms with E-state index >= 15 is 0 Å². The summed E-state index contributed by atoms with van der Waals surface area (Å²) >= 11 is 11.7. The number of nitrogens with one attached hydrogen (secondary N) is 1. The van der Waals surface area contributed by atoms with Gasteiger partial charge in [-0.25, -0.2) is 5.43 Å². The van der Waals surface area contributed by atoms with Crippen LogP contribution in [-0.2, 0) is 0 Å². The van der Waals surface area contributed by atoms with Crippen LogP contribution in [0.3, 0.4) is 0 Å². The molecule has 2 aromatic rings. The minimum atomic E-state index is -0.429. The lowest BCUT2D eigenvalue weighted by molar-refractivity contribution is 0.0955. The van der Waals surface area contributed by atoms with Crippen LogP contribution in [0.4, 0.5) is 0 Å². The molecule has 1 N–H and O–H groups in total. The van der Waals surface area contributed by atoms with E-state index in [9.17, 15) is 4.79 Å². The van der Waals surface area contributed by atoms with Gasteiger partial charge < -0.3 is 0 Å². The van der Waals surface area contributed by atoms with Crippen molar-refractivity contribution >= 4 is 35.3 Å². The summed E-state index contributed by atoms with van der Waals surface area (Å²) in [5.41, 5.74) is 3.98. The number of hydrogen-bond acceptors (Lipinski definition) is 3. The number of hydrazone groups is 1. The highest BCUT2D eigenvalue weighted by molar-refractivity contribution is 6.36. The highest BCUT2D eigenvalue weighted by Crippen LogP contribution is 2.20. The van der Waals surface area contributed by atoms with Crippen LogP contribution in [0, 0.1) is 11.3 Å². The van der Waals surface area contributed by atoms with Crippen molar-refractivity contribution in [1.29, 1.82) is 5.26 Å². The number of hydrogen-bond donors (Lipinski definition) is 1. The SMILES string of the molecule is N#Cc1ccc(/C=N/NC(=O)c2ccc(Cl)cc2Cl)cc1. The summed E-state index contributed by atoms with van der Waals surface area (Å²) < 4.78 is 0. The Morgan fingerprint density at radius 2 is 1.90 bits per heavy atom. The van der Waals surface area contributed by atoms with E-state index in [2.05, 4.69) is 10.5 Å². The molecule has 4 nitrogen and oxygen atoms in total. The van der Waals surface area contributed by atoms with Crippen LogP contribution >= 0.6 is 23.2 Å². The van der Waals surface area contributed by atoms with Gasteiger partial charge in [0.15, 0.2) is 0 Å². The molecule has 0 radical (unpaired) electrons. The van der Waals surface area contributed by atoms with Gasteiger partial charge in [0, 0.05) is 5.02 Å². The van der Waals surface area contributed by atoms with Crippen molar-refractivity contribution in [3.8, 4) is 6.07 Å². The van der Waals surface area contributed by atoms with Gasteiger partial charge in [0.25, 0.3) is 5.91 Å². The second-order valence-corrected chi connectivity index (χ2v) is 4.90. The maximum absolute atomic E-state index is 11.9. The molecule has 0 saturated heterocycles. The first kappa shape index (κ1) is 15.0. The normalized spacial score (nSPS) is 10.3. The van der Waals surface area contributed by atoms with Crippen molar-refractivity contribution in [2.75, 3.05) is 0 Å². The van der Waals surface area contributed by atoms with E-state index < -0.39 is 5.91 Å². The second kappa shape index (κ2) is 6.89. The molecule has 0 aromatic heterocycles. The quantitative estimate of drug-likeness (QED) is 0.694. The molecule has 2 aromatic carbocycles. The molecule has 0 aliphatic rings. The van der Waals surface area contributed by atoms with E-state index in [1.54, 1.807) is 30.3 Å². The van der Waals surface area contributed by atoms with Crippen molar-refractivity contribution in [1.82, 2.24) is 5.43 Å². The molecule has 0 atom stereocenters. The van der Waals surface area contributed by atoms with E-state index in [1.807, 2.05) is 6.07 Å². The van der Waals surface area contributed by atoms with Gasteiger partial charge in [-0.2, -0.15) is 10.4 Å². The molecule has 1 amide bonds. The van der Waals surface area contributed by atoms with Gasteiger partial charge in [-0.1, -0.05) is 35.3 Å². The number of rotatable bonds is 3. The van der Waals surface area contributed by atoms with Gasteiger partial charge in [0.1, 0.15) is 0 Å². The Hall–Kier alpha value is -2.35. The van der Waals surface area contributed by atoms with Crippen LogP contribution in [0.15, 0.2) is 47.6 Å². The minimum Gasteiger partial charge on any atom is -0.267 e. The summed E-state index contributed by atoms with van der Waals surface area (Å²) in [5, 5.41) is 13.2. The summed E-state index contributed by atoms with van der Waals surface area (Å²) in [5.74, 6) is -0.429. The summed E-state index contributed by atoms with van der Waals surface area (Å²) in [4.78, 5) is 11.9. The van der Waals surface area contributed by atoms with Crippen molar-refractivity contribution in [3.63, 3.8) is 0 Å². The number of carbonyl (C=O) groups excluding carboxylic acids is 1. The van der Waals surface area contributed by atoms with Crippen molar-refractivity contribution in [2.24, 2.45) is 5.10 Å². The summed E-state index contributed by atoms with van der Waals surface area (Å²) in [6.07, 6.45) is 1.48. The van der Waals surface area contributed by atoms with Crippen molar-refractivity contribution in [2.45, 2.75) is 0 Å². The summed E-state index contributed by atoms with van der Waals surface area (Å²) in [6.45, 7) is 0. The molecule has 0 heterocycles. The van der Waals surface area contributed by atoms with Crippen LogP contribution < -0.4 is 5.43 Å². The Labute approximate surface area is 131 Å². The van der Waals surface area contributed by atoms with E-state index in [-0.39, 0.29) is 10.6 Å². The summed E-state index contributed by atoms with van der Waals surface area (Å²) in [7, 11) is 0. The fraction of sp³-hybridized carbons (Fsp3) is 0. The average molecular weight is 318 g/mol. The fourth-order valence-corrected chi connectivity index (χ4v) is 2.04. The number of benzene rings is 2. The lowest BCUT2D eigenvalue weighted by Crippen LogP contribution is -2.18. The topological polar surface area (TPSA) is 65.2 Å². The first-order valence-corrected chi connectivity index (χ1v) is 6.64. The summed E-state index contributed by atoms with van der Waals surface area (Å²) in [6, 6.07) is 13.4. The third kappa shape index (κ3) is 4.06. The third-order valence-corrected chi connectivity index (χ3v) is 3.14. The van der Waals surface area contributed by atoms with Crippen LogP contribution in [0.25, 0.3) is 0 Å². The van der Waals surface area contributed by atoms with E-state index in [0.717, 1.165) is 5.56 Å². The molecule has 6 heteroatoms. The lowest BCUT2D eigenvalue weighted by atomic mass is 10.2. The standard InChI is InChI=1S/C15H9Cl2N3O/c16-12-5-6-13(14(17)7-12)15(21)20-19-9-11-3-1-10(8-18)2-4-11/h1-7,9H,(H,20,21)/b19-9+. The Kier molecular flexibility index (Phi) is 4.94. The Morgan fingerprint density at radius 1 is 1.19 bits per heavy atom. The van der Waals surface area contributed by atoms with Crippen molar-refractivity contribution in [3.05, 3.63) is 69.2 Å². The molecule has 0 saturated carbocycles. The molecule has 0 bridgehead atoms. The van der Waals surface area contributed by atoms with Crippen LogP contribution in [0.1, 0.15) is 21.5 Å². The van der Waals surface area contributed by atoms with E-state index in [1.165, 1.54) is 18.3 Å². The van der Waals surface area contributed by atoms with Gasteiger partial charge >= 0.3 is 0 Å². The highest BCUT2D eigenvalue weighted by atomic mass is 35.5. The zero-order valence-corrected chi connectivity index (χ0v) is 12.2. The number of halogens is 2. The zero-order valence-electron chi connectivity index (χ0n) is 10.7. The molecular formula is C15H9Cl2N3O. The zero-order chi connectivity index (χ0) is 15.2. The number of nitriles is 1. The number of nitrogens with zero attached hydrogens (tertiary/aromatic N) is 2. The second-order valence-electron chi connectivity index (χ2n) is 4.06. The molecule has 104 valence electrons. The average Bonchev–Trinajstić information content (AvgIpc) is 2.47. The third-order valence-electron chi connectivity index (χ3n) is 2.60. The maximum Gasteiger partial charge on any atom is 0.272 e. The number of carbonyl (C=O) groups is 1. The first-order chi connectivity index (χ1) is 10.1. The van der Waals surface area contributed by atoms with Crippen LogP contribution in [-0.4, -0.2) is 12.1 Å². The van der Waals surface area contributed by atoms with Gasteiger partial charge in [-0.05, 0) is 35.9 Å². The maximum atomic E-state index is 11.9. The molecule has 21 heavy (non-hydrogen) atoms. The van der Waals surface area contributed by atoms with E-state index in [4.69, 9.17) is 28.5 Å². The van der Waals surface area contributed by atoms with Crippen LogP contribution in [0.5, 0.6) is 0 Å². The fourth-order valence-electron chi connectivity index (χ4n) is 1.54. The van der Waals surface area contributed by atoms with Gasteiger partial charge in [-0.3, -0.25) is 4.79 Å². The smallest absolute Gasteiger partial charge is 0.267 e. The predicted molar refractivity (Wildman–Crippen MR) is 82.7 cm³/mol. The molecule has 0 aliphatic heterocycles. The Bertz CT molecular complexity index is 734.